The molecule has 0 unspecified atom stereocenters. The Kier molecular flexibility index (Phi) is 33.9. The van der Waals surface area contributed by atoms with Crippen LogP contribution in [0.2, 0.25) is 0 Å². The lowest BCUT2D eigenvalue weighted by Gasteiger charge is -2.29. The number of carbonyl (C=O) groups excluding carboxylic acids is 6. The van der Waals surface area contributed by atoms with Crippen LogP contribution in [0.5, 0.6) is 0 Å². The van der Waals surface area contributed by atoms with Gasteiger partial charge in [-0.25, -0.2) is 28.8 Å². The van der Waals surface area contributed by atoms with Gasteiger partial charge in [0.15, 0.2) is 0 Å². The van der Waals surface area contributed by atoms with E-state index in [1.54, 1.807) is 19.6 Å². The van der Waals surface area contributed by atoms with Gasteiger partial charge in [0, 0.05) is 78.5 Å². The normalized spacial score (nSPS) is 12.2. The van der Waals surface area contributed by atoms with Crippen molar-refractivity contribution in [1.82, 2.24) is 40.9 Å². The molecule has 0 atom stereocenters. The predicted molar refractivity (Wildman–Crippen MR) is 325 cm³/mol. The summed E-state index contributed by atoms with van der Waals surface area (Å²) in [4.78, 5) is 84.0. The van der Waals surface area contributed by atoms with E-state index in [1.165, 1.54) is 11.1 Å². The maximum Gasteiger partial charge on any atom is 0.410 e. The van der Waals surface area contributed by atoms with Crippen molar-refractivity contribution in [3.05, 3.63) is 35.4 Å². The number of ether oxygens (including phenoxy) is 6. The monoisotopic (exact) mass is 1160 g/mol. The van der Waals surface area contributed by atoms with Gasteiger partial charge in [0.1, 0.15) is 33.6 Å². The van der Waals surface area contributed by atoms with Crippen LogP contribution in [0.3, 0.4) is 0 Å². The molecule has 0 fully saturated rings. The molecule has 1 rings (SSSR count). The molecule has 20 heteroatoms. The van der Waals surface area contributed by atoms with Crippen LogP contribution in [0.25, 0.3) is 0 Å². The van der Waals surface area contributed by atoms with E-state index in [0.29, 0.717) is 130 Å². The van der Waals surface area contributed by atoms with Crippen molar-refractivity contribution >= 4 is 36.6 Å². The van der Waals surface area contributed by atoms with Crippen molar-refractivity contribution in [1.29, 1.82) is 0 Å². The highest BCUT2D eigenvalue weighted by Crippen LogP contribution is 2.18. The standard InChI is InChI=1S/C62H114N8O12/c1-57(2,3)77-51(71)65-36-21-25-40-69(55(75)81-61(13,14)15)44-29-27-42-67(53(73)79-59(7,8)9)38-23-19-34-63-47-49-32-31-33-50(46-49)48-64-35-20-24-39-68(54(74)80-60(10,11)12)43-28-30-45-70(56(76)82-62(16,17)18)41-26-22-37-66-52(72)78-58(4,5)6/h31-33,46,63-64H,19-30,34-45,47-48H2,1-18H3,(H,65,71)(H,66,72). The molecule has 0 aliphatic rings. The molecule has 0 heterocycles. The smallest absolute Gasteiger partial charge is 0.410 e. The number of benzene rings is 1. The molecule has 0 radical (unpaired) electrons. The second-order valence-corrected chi connectivity index (χ2v) is 27.1. The van der Waals surface area contributed by atoms with Gasteiger partial charge in [-0.2, -0.15) is 0 Å². The summed E-state index contributed by atoms with van der Waals surface area (Å²) < 4.78 is 33.6. The summed E-state index contributed by atoms with van der Waals surface area (Å²) in [6.45, 7) is 41.0. The van der Waals surface area contributed by atoms with Gasteiger partial charge in [0.25, 0.3) is 0 Å². The van der Waals surface area contributed by atoms with E-state index in [0.717, 1.165) is 38.8 Å². The molecule has 474 valence electrons. The molecule has 0 bridgehead atoms. The number of unbranched alkanes of at least 4 members (excludes halogenated alkanes) is 6. The van der Waals surface area contributed by atoms with Gasteiger partial charge in [-0.15, -0.1) is 0 Å². The van der Waals surface area contributed by atoms with E-state index in [-0.39, 0.29) is 24.4 Å². The van der Waals surface area contributed by atoms with Crippen molar-refractivity contribution in [2.24, 2.45) is 0 Å². The molecule has 20 nitrogen and oxygen atoms in total. The van der Waals surface area contributed by atoms with Crippen LogP contribution in [0.15, 0.2) is 24.3 Å². The summed E-state index contributed by atoms with van der Waals surface area (Å²) >= 11 is 0. The van der Waals surface area contributed by atoms with E-state index in [9.17, 15) is 28.8 Å². The molecule has 1 aromatic carbocycles. The third kappa shape index (κ3) is 41.7. The SMILES string of the molecule is CC(C)(C)OC(=O)NCCCCN(CCCCN(CCCCNCc1cccc(CNCCCCN(CCCCN(CCCCNC(=O)OC(C)(C)C)C(=O)OC(C)(C)C)C(=O)OC(C)(C)C)c1)C(=O)OC(C)(C)C)C(=O)OC(C)(C)C. The molecule has 0 aliphatic heterocycles. The Labute approximate surface area is 495 Å². The summed E-state index contributed by atoms with van der Waals surface area (Å²) in [7, 11) is 0. The van der Waals surface area contributed by atoms with E-state index in [4.69, 9.17) is 28.4 Å². The number of nitrogens with one attached hydrogen (secondary N) is 4. The van der Waals surface area contributed by atoms with Crippen molar-refractivity contribution in [3.63, 3.8) is 0 Å². The zero-order chi connectivity index (χ0) is 62.2. The Bertz CT molecular complexity index is 1880. The van der Waals surface area contributed by atoms with Gasteiger partial charge in [-0.05, 0) is 226 Å². The molecule has 0 aromatic heterocycles. The van der Waals surface area contributed by atoms with Crippen LogP contribution in [-0.4, -0.2) is 168 Å². The number of carbonyl (C=O) groups is 6. The molecular weight excluding hydrogens is 1050 g/mol. The van der Waals surface area contributed by atoms with Crippen LogP contribution >= 0.6 is 0 Å². The average Bonchev–Trinajstić information content (AvgIpc) is 3.31. The third-order valence-electron chi connectivity index (χ3n) is 11.6. The highest BCUT2D eigenvalue weighted by molar-refractivity contribution is 5.70. The first-order valence-electron chi connectivity index (χ1n) is 30.2. The predicted octanol–water partition coefficient (Wildman–Crippen LogP) is 12.5. The first kappa shape index (κ1) is 74.8. The van der Waals surface area contributed by atoms with Crippen molar-refractivity contribution in [3.8, 4) is 0 Å². The van der Waals surface area contributed by atoms with Crippen LogP contribution < -0.4 is 21.3 Å². The number of hydrogen-bond donors (Lipinski definition) is 4. The van der Waals surface area contributed by atoms with Crippen molar-refractivity contribution in [2.45, 2.75) is 248 Å². The van der Waals surface area contributed by atoms with E-state index < -0.39 is 45.8 Å². The highest BCUT2D eigenvalue weighted by atomic mass is 16.6. The van der Waals surface area contributed by atoms with Crippen molar-refractivity contribution < 1.29 is 57.2 Å². The Hall–Kier alpha value is -5.24. The van der Waals surface area contributed by atoms with Gasteiger partial charge in [-0.1, -0.05) is 24.3 Å². The average molecular weight is 1160 g/mol. The molecule has 1 aromatic rings. The second kappa shape index (κ2) is 37.2. The molecule has 0 saturated carbocycles. The number of rotatable bonds is 34. The minimum Gasteiger partial charge on any atom is -0.444 e. The summed E-state index contributed by atoms with van der Waals surface area (Å²) in [5.41, 5.74) is -1.34. The van der Waals surface area contributed by atoms with E-state index >= 15 is 0 Å². The summed E-state index contributed by atoms with van der Waals surface area (Å²) in [6, 6.07) is 8.51. The lowest BCUT2D eigenvalue weighted by molar-refractivity contribution is 0.0206. The molecule has 6 amide bonds. The number of hydrogen-bond acceptors (Lipinski definition) is 14. The summed E-state index contributed by atoms with van der Waals surface area (Å²) in [6.07, 6.45) is 6.32. The fourth-order valence-corrected chi connectivity index (χ4v) is 7.98. The molecule has 82 heavy (non-hydrogen) atoms. The van der Waals surface area contributed by atoms with Crippen LogP contribution in [0.1, 0.15) is 213 Å². The molecular formula is C62H114N8O12. The van der Waals surface area contributed by atoms with Gasteiger partial charge in [-0.3, -0.25) is 0 Å². The zero-order valence-electron chi connectivity index (χ0n) is 54.4. The first-order valence-corrected chi connectivity index (χ1v) is 30.2. The Morgan fingerprint density at radius 3 is 0.780 bits per heavy atom. The third-order valence-corrected chi connectivity index (χ3v) is 11.6. The fraction of sp³-hybridized carbons (Fsp3) is 0.806. The van der Waals surface area contributed by atoms with Gasteiger partial charge < -0.3 is 69.3 Å². The molecule has 4 N–H and O–H groups in total. The van der Waals surface area contributed by atoms with E-state index in [1.807, 2.05) is 125 Å². The minimum absolute atomic E-state index is 0.347. The Balaban J connectivity index is 2.66. The summed E-state index contributed by atoms with van der Waals surface area (Å²) in [5.74, 6) is 0. The maximum atomic E-state index is 13.3. The van der Waals surface area contributed by atoms with Crippen LogP contribution in [0.4, 0.5) is 28.8 Å². The van der Waals surface area contributed by atoms with E-state index in [2.05, 4.69) is 45.5 Å². The minimum atomic E-state index is -0.642. The molecule has 0 spiro atoms. The van der Waals surface area contributed by atoms with Gasteiger partial charge in [0.2, 0.25) is 0 Å². The largest absolute Gasteiger partial charge is 0.444 e. The zero-order valence-corrected chi connectivity index (χ0v) is 54.4. The van der Waals surface area contributed by atoms with Gasteiger partial charge >= 0.3 is 36.6 Å². The van der Waals surface area contributed by atoms with Crippen LogP contribution in [0, 0.1) is 0 Å². The topological polar surface area (TPSA) is 219 Å². The van der Waals surface area contributed by atoms with Crippen LogP contribution in [-0.2, 0) is 41.5 Å². The lowest BCUT2D eigenvalue weighted by Crippen LogP contribution is -2.40. The number of nitrogens with zero attached hydrogens (tertiary/aromatic N) is 4. The van der Waals surface area contributed by atoms with Gasteiger partial charge in [0.05, 0.1) is 0 Å². The first-order chi connectivity index (χ1) is 37.9. The Morgan fingerprint density at radius 1 is 0.329 bits per heavy atom. The second-order valence-electron chi connectivity index (χ2n) is 27.1. The lowest BCUT2D eigenvalue weighted by atomic mass is 10.1. The molecule has 0 saturated heterocycles. The quantitative estimate of drug-likeness (QED) is 0.0373. The maximum absolute atomic E-state index is 13.3. The number of alkyl carbamates (subject to hydrolysis) is 2. The Morgan fingerprint density at radius 2 is 0.549 bits per heavy atom. The summed E-state index contributed by atoms with van der Waals surface area (Å²) in [5, 5.41) is 12.7. The highest BCUT2D eigenvalue weighted by Gasteiger charge is 2.27. The number of amides is 6. The molecule has 0 aliphatic carbocycles. The fourth-order valence-electron chi connectivity index (χ4n) is 7.98. The van der Waals surface area contributed by atoms with Crippen molar-refractivity contribution in [2.75, 3.05) is 78.5 Å².